The maximum atomic E-state index is 13.2. The summed E-state index contributed by atoms with van der Waals surface area (Å²) in [5.74, 6) is 0.102. The third-order valence-electron chi connectivity index (χ3n) is 5.89. The van der Waals surface area contributed by atoms with Crippen LogP contribution in [0.1, 0.15) is 49.3 Å². The fraction of sp³-hybridized carbons (Fsp3) is 0.400. The number of piperidine rings is 1. The molecule has 5 nitrogen and oxygen atoms in total. The number of halogens is 1. The van der Waals surface area contributed by atoms with Gasteiger partial charge >= 0.3 is 0 Å². The molecular weight excluding hydrogens is 410 g/mol. The average Bonchev–Trinajstić information content (AvgIpc) is 2.78. The number of amides is 2. The van der Waals surface area contributed by atoms with Gasteiger partial charge in [-0.15, -0.1) is 0 Å². The fourth-order valence-electron chi connectivity index (χ4n) is 4.06. The molecule has 6 heteroatoms. The lowest BCUT2D eigenvalue weighted by Crippen LogP contribution is -2.53. The molecule has 0 aliphatic carbocycles. The van der Waals surface area contributed by atoms with E-state index in [0.717, 1.165) is 17.9 Å². The molecule has 1 aliphatic heterocycles. The number of benzene rings is 2. The zero-order chi connectivity index (χ0) is 22.4. The van der Waals surface area contributed by atoms with Crippen LogP contribution < -0.4 is 5.32 Å². The summed E-state index contributed by atoms with van der Waals surface area (Å²) in [6.07, 6.45) is 1.86. The zero-order valence-electron chi connectivity index (χ0n) is 18.0. The minimum absolute atomic E-state index is 0.0309. The first-order valence-corrected chi connectivity index (χ1v) is 11.1. The quantitative estimate of drug-likeness (QED) is 0.732. The summed E-state index contributed by atoms with van der Waals surface area (Å²) in [4.78, 5) is 27.7. The lowest BCUT2D eigenvalue weighted by atomic mass is 9.89. The van der Waals surface area contributed by atoms with Gasteiger partial charge in [-0.05, 0) is 54.0 Å². The molecule has 1 aliphatic rings. The van der Waals surface area contributed by atoms with Crippen LogP contribution in [0.3, 0.4) is 0 Å². The Kier molecular flexibility index (Phi) is 7.70. The van der Waals surface area contributed by atoms with Crippen molar-refractivity contribution in [1.82, 2.24) is 10.2 Å². The molecule has 162 valence electrons. The van der Waals surface area contributed by atoms with Crippen LogP contribution in [-0.4, -0.2) is 35.8 Å². The van der Waals surface area contributed by atoms with Crippen LogP contribution in [0, 0.1) is 17.2 Å². The number of nitriles is 1. The Morgan fingerprint density at radius 1 is 1.13 bits per heavy atom. The highest BCUT2D eigenvalue weighted by Gasteiger charge is 2.31. The maximum Gasteiger partial charge on any atom is 0.245 e. The summed E-state index contributed by atoms with van der Waals surface area (Å²) in [7, 11) is 0. The van der Waals surface area contributed by atoms with Crippen LogP contribution in [0.4, 0.5) is 0 Å². The van der Waals surface area contributed by atoms with Gasteiger partial charge in [-0.1, -0.05) is 55.8 Å². The molecule has 1 N–H and O–H groups in total. The SMILES string of the molecule is CC(C)[C@@H](NC(=O)Cc1ccccc1C#N)C(=O)N1CCC(c2ccc(Cl)cc2)CC1. The van der Waals surface area contributed by atoms with Crippen molar-refractivity contribution in [2.24, 2.45) is 5.92 Å². The van der Waals surface area contributed by atoms with Gasteiger partial charge in [-0.2, -0.15) is 5.26 Å². The summed E-state index contributed by atoms with van der Waals surface area (Å²) >= 11 is 5.99. The highest BCUT2D eigenvalue weighted by Crippen LogP contribution is 2.29. The molecule has 0 radical (unpaired) electrons. The Bertz CT molecular complexity index is 957. The van der Waals surface area contributed by atoms with E-state index in [1.807, 2.05) is 30.9 Å². The minimum atomic E-state index is -0.575. The number of carbonyl (C=O) groups is 2. The molecular formula is C25H28ClN3O2. The van der Waals surface area contributed by atoms with E-state index in [1.54, 1.807) is 24.3 Å². The van der Waals surface area contributed by atoms with E-state index in [0.29, 0.717) is 30.1 Å². The van der Waals surface area contributed by atoms with Crippen LogP contribution >= 0.6 is 11.6 Å². The van der Waals surface area contributed by atoms with E-state index in [2.05, 4.69) is 23.5 Å². The standard InChI is InChI=1S/C25H28ClN3O2/c1-17(2)24(28-23(30)15-20-5-3-4-6-21(20)16-27)25(31)29-13-11-19(12-14-29)18-7-9-22(26)10-8-18/h3-10,17,19,24H,11-15H2,1-2H3,(H,28,30)/t24-/m1/s1. The van der Waals surface area contributed by atoms with Gasteiger partial charge in [0.05, 0.1) is 18.1 Å². The summed E-state index contributed by atoms with van der Waals surface area (Å²) in [5.41, 5.74) is 2.40. The molecule has 31 heavy (non-hydrogen) atoms. The smallest absolute Gasteiger partial charge is 0.245 e. The fourth-order valence-corrected chi connectivity index (χ4v) is 4.19. The molecule has 2 aromatic rings. The Balaban J connectivity index is 1.60. The summed E-state index contributed by atoms with van der Waals surface area (Å²) in [6, 6.07) is 16.5. The Labute approximate surface area is 189 Å². The van der Waals surface area contributed by atoms with Crippen LogP contribution in [0.15, 0.2) is 48.5 Å². The molecule has 1 heterocycles. The maximum absolute atomic E-state index is 13.2. The van der Waals surface area contributed by atoms with Crippen molar-refractivity contribution in [1.29, 1.82) is 5.26 Å². The second kappa shape index (κ2) is 10.5. The average molecular weight is 438 g/mol. The Morgan fingerprint density at radius 3 is 2.39 bits per heavy atom. The minimum Gasteiger partial charge on any atom is -0.344 e. The van der Waals surface area contributed by atoms with Crippen LogP contribution in [0.25, 0.3) is 0 Å². The highest BCUT2D eigenvalue weighted by molar-refractivity contribution is 6.30. The van der Waals surface area contributed by atoms with Crippen molar-refractivity contribution in [3.05, 3.63) is 70.2 Å². The third-order valence-corrected chi connectivity index (χ3v) is 6.14. The summed E-state index contributed by atoms with van der Waals surface area (Å²) in [6.45, 7) is 5.21. The largest absolute Gasteiger partial charge is 0.344 e. The van der Waals surface area contributed by atoms with E-state index >= 15 is 0 Å². The third kappa shape index (κ3) is 5.86. The van der Waals surface area contributed by atoms with E-state index in [1.165, 1.54) is 5.56 Å². The van der Waals surface area contributed by atoms with Gasteiger partial charge in [-0.3, -0.25) is 9.59 Å². The van der Waals surface area contributed by atoms with Gasteiger partial charge in [0.25, 0.3) is 0 Å². The molecule has 0 spiro atoms. The van der Waals surface area contributed by atoms with Crippen LogP contribution in [0.2, 0.25) is 5.02 Å². The molecule has 2 aromatic carbocycles. The van der Waals surface area contributed by atoms with Crippen LogP contribution in [-0.2, 0) is 16.0 Å². The summed E-state index contributed by atoms with van der Waals surface area (Å²) < 4.78 is 0. The van der Waals surface area contributed by atoms with E-state index in [4.69, 9.17) is 11.6 Å². The monoisotopic (exact) mass is 437 g/mol. The first kappa shape index (κ1) is 22.8. The van der Waals surface area contributed by atoms with Gasteiger partial charge in [0.15, 0.2) is 0 Å². The summed E-state index contributed by atoms with van der Waals surface area (Å²) in [5, 5.41) is 12.9. The number of rotatable bonds is 6. The number of likely N-dealkylation sites (tertiary alicyclic amines) is 1. The molecule has 1 saturated heterocycles. The molecule has 0 aromatic heterocycles. The number of carbonyl (C=O) groups excluding carboxylic acids is 2. The van der Waals surface area contributed by atoms with Crippen molar-refractivity contribution >= 4 is 23.4 Å². The van der Waals surface area contributed by atoms with E-state index in [9.17, 15) is 14.9 Å². The highest BCUT2D eigenvalue weighted by atomic mass is 35.5. The second-order valence-electron chi connectivity index (χ2n) is 8.39. The number of hydrogen-bond donors (Lipinski definition) is 1. The number of hydrogen-bond acceptors (Lipinski definition) is 3. The Morgan fingerprint density at radius 2 is 1.77 bits per heavy atom. The van der Waals surface area contributed by atoms with Gasteiger partial charge in [0.1, 0.15) is 6.04 Å². The predicted molar refractivity (Wildman–Crippen MR) is 122 cm³/mol. The van der Waals surface area contributed by atoms with Gasteiger partial charge in [0, 0.05) is 18.1 Å². The van der Waals surface area contributed by atoms with E-state index < -0.39 is 6.04 Å². The predicted octanol–water partition coefficient (Wildman–Crippen LogP) is 4.30. The van der Waals surface area contributed by atoms with Crippen molar-refractivity contribution in [2.45, 2.75) is 45.1 Å². The van der Waals surface area contributed by atoms with Crippen molar-refractivity contribution in [2.75, 3.05) is 13.1 Å². The zero-order valence-corrected chi connectivity index (χ0v) is 18.7. The molecule has 1 fully saturated rings. The lowest BCUT2D eigenvalue weighted by molar-refractivity contribution is -0.138. The van der Waals surface area contributed by atoms with Crippen molar-refractivity contribution in [3.63, 3.8) is 0 Å². The van der Waals surface area contributed by atoms with E-state index in [-0.39, 0.29) is 24.2 Å². The molecule has 3 rings (SSSR count). The lowest BCUT2D eigenvalue weighted by Gasteiger charge is -2.35. The normalized spacial score (nSPS) is 15.4. The molecule has 2 amide bonds. The first-order valence-electron chi connectivity index (χ1n) is 10.7. The molecule has 0 saturated carbocycles. The van der Waals surface area contributed by atoms with Crippen LogP contribution in [0.5, 0.6) is 0 Å². The topological polar surface area (TPSA) is 73.2 Å². The van der Waals surface area contributed by atoms with Crippen molar-refractivity contribution in [3.8, 4) is 6.07 Å². The van der Waals surface area contributed by atoms with Gasteiger partial charge in [-0.25, -0.2) is 0 Å². The van der Waals surface area contributed by atoms with Gasteiger partial charge in [0.2, 0.25) is 11.8 Å². The Hall–Kier alpha value is -2.84. The van der Waals surface area contributed by atoms with Gasteiger partial charge < -0.3 is 10.2 Å². The number of nitrogens with one attached hydrogen (secondary N) is 1. The second-order valence-corrected chi connectivity index (χ2v) is 8.82. The number of nitrogens with zero attached hydrogens (tertiary/aromatic N) is 2. The molecule has 1 atom stereocenters. The molecule has 0 unspecified atom stereocenters. The molecule has 0 bridgehead atoms. The first-order chi connectivity index (χ1) is 14.9. The van der Waals surface area contributed by atoms with Crippen molar-refractivity contribution < 1.29 is 9.59 Å².